The molecule has 2 rings (SSSR count). The molecule has 0 amide bonds. The number of piperidine rings is 1. The SMILES string of the molecule is CCCN1CCCC(C2=CC(O)CC=C2)C1. The van der Waals surface area contributed by atoms with E-state index in [0.29, 0.717) is 5.92 Å². The molecule has 1 N–H and O–H groups in total. The number of aliphatic hydroxyl groups is 1. The van der Waals surface area contributed by atoms with E-state index in [9.17, 15) is 5.11 Å². The maximum absolute atomic E-state index is 9.64. The first-order valence-electron chi connectivity index (χ1n) is 6.58. The first kappa shape index (κ1) is 11.9. The summed E-state index contributed by atoms with van der Waals surface area (Å²) >= 11 is 0. The van der Waals surface area contributed by atoms with Crippen molar-refractivity contribution < 1.29 is 5.11 Å². The van der Waals surface area contributed by atoms with E-state index in [2.05, 4.69) is 30.1 Å². The van der Waals surface area contributed by atoms with Crippen LogP contribution in [0.15, 0.2) is 23.8 Å². The van der Waals surface area contributed by atoms with Gasteiger partial charge in [-0.3, -0.25) is 0 Å². The Morgan fingerprint density at radius 1 is 1.50 bits per heavy atom. The van der Waals surface area contributed by atoms with Gasteiger partial charge >= 0.3 is 0 Å². The fourth-order valence-electron chi connectivity index (χ4n) is 2.81. The molecule has 1 fully saturated rings. The Labute approximate surface area is 98.6 Å². The molecule has 90 valence electrons. The predicted octanol–water partition coefficient (Wildman–Crippen LogP) is 2.36. The van der Waals surface area contributed by atoms with Crippen LogP contribution in [0.4, 0.5) is 0 Å². The minimum absolute atomic E-state index is 0.249. The molecule has 2 unspecified atom stereocenters. The first-order chi connectivity index (χ1) is 7.79. The van der Waals surface area contributed by atoms with Crippen molar-refractivity contribution in [1.29, 1.82) is 0 Å². The molecule has 0 aromatic heterocycles. The third-order valence-corrected chi connectivity index (χ3v) is 3.59. The van der Waals surface area contributed by atoms with Crippen molar-refractivity contribution in [2.24, 2.45) is 5.92 Å². The van der Waals surface area contributed by atoms with Crippen LogP contribution in [0.25, 0.3) is 0 Å². The van der Waals surface area contributed by atoms with E-state index in [-0.39, 0.29) is 6.10 Å². The maximum atomic E-state index is 9.64. The number of allylic oxidation sites excluding steroid dienone is 1. The van der Waals surface area contributed by atoms with E-state index >= 15 is 0 Å². The van der Waals surface area contributed by atoms with Crippen molar-refractivity contribution in [3.63, 3.8) is 0 Å². The van der Waals surface area contributed by atoms with Gasteiger partial charge in [0.15, 0.2) is 0 Å². The zero-order valence-corrected chi connectivity index (χ0v) is 10.2. The number of nitrogens with zero attached hydrogens (tertiary/aromatic N) is 1. The molecule has 2 atom stereocenters. The van der Waals surface area contributed by atoms with Crippen molar-refractivity contribution in [3.8, 4) is 0 Å². The molecular formula is C14H23NO. The minimum atomic E-state index is -0.249. The highest BCUT2D eigenvalue weighted by molar-refractivity contribution is 5.27. The zero-order valence-electron chi connectivity index (χ0n) is 10.2. The molecule has 0 saturated carbocycles. The van der Waals surface area contributed by atoms with Crippen molar-refractivity contribution in [2.45, 2.75) is 38.7 Å². The lowest BCUT2D eigenvalue weighted by Crippen LogP contribution is -2.36. The molecule has 1 saturated heterocycles. The summed E-state index contributed by atoms with van der Waals surface area (Å²) in [5.74, 6) is 0.645. The Kier molecular flexibility index (Phi) is 4.19. The van der Waals surface area contributed by atoms with Crippen LogP contribution in [0.2, 0.25) is 0 Å². The van der Waals surface area contributed by atoms with Crippen LogP contribution in [-0.4, -0.2) is 35.7 Å². The number of rotatable bonds is 3. The highest BCUT2D eigenvalue weighted by atomic mass is 16.3. The Morgan fingerprint density at radius 3 is 3.12 bits per heavy atom. The van der Waals surface area contributed by atoms with Crippen LogP contribution in [0.5, 0.6) is 0 Å². The van der Waals surface area contributed by atoms with Gasteiger partial charge in [0.25, 0.3) is 0 Å². The van der Waals surface area contributed by atoms with Crippen LogP contribution in [0.1, 0.15) is 32.6 Å². The summed E-state index contributed by atoms with van der Waals surface area (Å²) < 4.78 is 0. The van der Waals surface area contributed by atoms with Gasteiger partial charge in [-0.15, -0.1) is 0 Å². The standard InChI is InChI=1S/C14H23NO/c1-2-8-15-9-4-6-13(11-15)12-5-3-7-14(16)10-12/h3,5,10,13-14,16H,2,4,6-9,11H2,1H3. The molecule has 1 aliphatic carbocycles. The normalized spacial score (nSPS) is 31.5. The van der Waals surface area contributed by atoms with Crippen LogP contribution < -0.4 is 0 Å². The van der Waals surface area contributed by atoms with Gasteiger partial charge < -0.3 is 10.0 Å². The van der Waals surface area contributed by atoms with E-state index in [4.69, 9.17) is 0 Å². The van der Waals surface area contributed by atoms with Crippen molar-refractivity contribution in [3.05, 3.63) is 23.8 Å². The van der Waals surface area contributed by atoms with Crippen LogP contribution in [0.3, 0.4) is 0 Å². The van der Waals surface area contributed by atoms with E-state index in [1.807, 2.05) is 0 Å². The average Bonchev–Trinajstić information content (AvgIpc) is 2.30. The summed E-state index contributed by atoms with van der Waals surface area (Å²) in [6.45, 7) is 5.89. The second-order valence-electron chi connectivity index (χ2n) is 5.01. The third-order valence-electron chi connectivity index (χ3n) is 3.59. The van der Waals surface area contributed by atoms with Crippen molar-refractivity contribution >= 4 is 0 Å². The number of aliphatic hydroxyl groups excluding tert-OH is 1. The van der Waals surface area contributed by atoms with Gasteiger partial charge in [0.1, 0.15) is 0 Å². The number of hydrogen-bond donors (Lipinski definition) is 1. The summed E-state index contributed by atoms with van der Waals surface area (Å²) in [5.41, 5.74) is 1.36. The molecule has 0 bridgehead atoms. The van der Waals surface area contributed by atoms with Crippen LogP contribution >= 0.6 is 0 Å². The van der Waals surface area contributed by atoms with Crippen LogP contribution in [0, 0.1) is 5.92 Å². The fourth-order valence-corrected chi connectivity index (χ4v) is 2.81. The highest BCUT2D eigenvalue weighted by Gasteiger charge is 2.22. The molecule has 0 aromatic rings. The Morgan fingerprint density at radius 2 is 2.38 bits per heavy atom. The van der Waals surface area contributed by atoms with Gasteiger partial charge in [-0.2, -0.15) is 0 Å². The average molecular weight is 221 g/mol. The lowest BCUT2D eigenvalue weighted by Gasteiger charge is -2.34. The summed E-state index contributed by atoms with van der Waals surface area (Å²) in [7, 11) is 0. The van der Waals surface area contributed by atoms with Gasteiger partial charge in [0.05, 0.1) is 6.10 Å². The van der Waals surface area contributed by atoms with Crippen molar-refractivity contribution in [1.82, 2.24) is 4.90 Å². The predicted molar refractivity (Wildman–Crippen MR) is 67.3 cm³/mol. The Hall–Kier alpha value is -0.600. The van der Waals surface area contributed by atoms with E-state index in [0.717, 1.165) is 6.42 Å². The Balaban J connectivity index is 1.96. The minimum Gasteiger partial charge on any atom is -0.389 e. The molecule has 1 heterocycles. The van der Waals surface area contributed by atoms with Crippen molar-refractivity contribution in [2.75, 3.05) is 19.6 Å². The van der Waals surface area contributed by atoms with Gasteiger partial charge in [0.2, 0.25) is 0 Å². The molecule has 1 aliphatic heterocycles. The fraction of sp³-hybridized carbons (Fsp3) is 0.714. The number of likely N-dealkylation sites (tertiary alicyclic amines) is 1. The number of hydrogen-bond acceptors (Lipinski definition) is 2. The monoisotopic (exact) mass is 221 g/mol. The summed E-state index contributed by atoms with van der Waals surface area (Å²) in [6, 6.07) is 0. The highest BCUT2D eigenvalue weighted by Crippen LogP contribution is 2.27. The lowest BCUT2D eigenvalue weighted by molar-refractivity contribution is 0.188. The first-order valence-corrected chi connectivity index (χ1v) is 6.58. The Bertz CT molecular complexity index is 280. The molecule has 2 nitrogen and oxygen atoms in total. The van der Waals surface area contributed by atoms with E-state index in [1.54, 1.807) is 0 Å². The summed E-state index contributed by atoms with van der Waals surface area (Å²) in [5, 5.41) is 9.64. The molecule has 0 aromatic carbocycles. The maximum Gasteiger partial charge on any atom is 0.0761 e. The van der Waals surface area contributed by atoms with Gasteiger partial charge in [-0.05, 0) is 50.3 Å². The summed E-state index contributed by atoms with van der Waals surface area (Å²) in [4.78, 5) is 2.56. The topological polar surface area (TPSA) is 23.5 Å². The lowest BCUT2D eigenvalue weighted by atomic mass is 9.87. The second kappa shape index (κ2) is 5.65. The zero-order chi connectivity index (χ0) is 11.4. The summed E-state index contributed by atoms with van der Waals surface area (Å²) in [6.07, 6.45) is 10.7. The molecule has 0 radical (unpaired) electrons. The quantitative estimate of drug-likeness (QED) is 0.791. The molecule has 2 aliphatic rings. The van der Waals surface area contributed by atoms with E-state index < -0.39 is 0 Å². The largest absolute Gasteiger partial charge is 0.389 e. The van der Waals surface area contributed by atoms with Gasteiger partial charge in [-0.1, -0.05) is 25.2 Å². The molecular weight excluding hydrogens is 198 g/mol. The van der Waals surface area contributed by atoms with Gasteiger partial charge in [0, 0.05) is 6.54 Å². The smallest absolute Gasteiger partial charge is 0.0761 e. The third kappa shape index (κ3) is 2.96. The molecule has 2 heteroatoms. The van der Waals surface area contributed by atoms with Crippen LogP contribution in [-0.2, 0) is 0 Å². The molecule has 16 heavy (non-hydrogen) atoms. The second-order valence-corrected chi connectivity index (χ2v) is 5.01. The van der Waals surface area contributed by atoms with E-state index in [1.165, 1.54) is 44.5 Å². The van der Waals surface area contributed by atoms with Gasteiger partial charge in [-0.25, -0.2) is 0 Å². The molecule has 0 spiro atoms.